The first-order chi connectivity index (χ1) is 5.16. The summed E-state index contributed by atoms with van der Waals surface area (Å²) in [6.07, 6.45) is 1.01. The van der Waals surface area contributed by atoms with Crippen molar-refractivity contribution in [3.8, 4) is 0 Å². The van der Waals surface area contributed by atoms with Gasteiger partial charge in [0, 0.05) is 6.54 Å². The van der Waals surface area contributed by atoms with E-state index in [4.69, 9.17) is 4.84 Å². The molecule has 2 nitrogen and oxygen atoms in total. The minimum atomic E-state index is 0.581. The Kier molecular flexibility index (Phi) is 6.18. The number of nitrogens with one attached hydrogen (secondary N) is 1. The van der Waals surface area contributed by atoms with Crippen LogP contribution in [0.1, 0.15) is 27.2 Å². The van der Waals surface area contributed by atoms with E-state index in [2.05, 4.69) is 32.8 Å². The maximum Gasteiger partial charge on any atom is 0.0705 e. The molecule has 11 heavy (non-hydrogen) atoms. The maximum absolute atomic E-state index is 5.16. The van der Waals surface area contributed by atoms with Gasteiger partial charge in [0.1, 0.15) is 0 Å². The second-order valence-corrected chi connectivity index (χ2v) is 3.13. The fourth-order valence-corrected chi connectivity index (χ4v) is 0.504. The third kappa shape index (κ3) is 7.56. The summed E-state index contributed by atoms with van der Waals surface area (Å²) in [7, 11) is 0. The summed E-state index contributed by atoms with van der Waals surface area (Å²) in [5.41, 5.74) is 4.04. The Morgan fingerprint density at radius 1 is 1.55 bits per heavy atom. The molecule has 0 aromatic carbocycles. The normalized spacial score (nSPS) is 10.5. The molecule has 0 heterocycles. The summed E-state index contributed by atoms with van der Waals surface area (Å²) >= 11 is 0. The zero-order valence-corrected chi connectivity index (χ0v) is 7.81. The van der Waals surface area contributed by atoms with Crippen LogP contribution in [0.2, 0.25) is 0 Å². The second kappa shape index (κ2) is 6.38. The molecule has 0 rings (SSSR count). The summed E-state index contributed by atoms with van der Waals surface area (Å²) < 4.78 is 0. The molecule has 0 unspecified atom stereocenters. The summed E-state index contributed by atoms with van der Waals surface area (Å²) in [5.74, 6) is 0.581. The van der Waals surface area contributed by atoms with Crippen molar-refractivity contribution in [3.63, 3.8) is 0 Å². The van der Waals surface area contributed by atoms with Crippen molar-refractivity contribution in [1.29, 1.82) is 0 Å². The molecule has 0 saturated heterocycles. The van der Waals surface area contributed by atoms with Crippen molar-refractivity contribution in [2.24, 2.45) is 5.92 Å². The summed E-state index contributed by atoms with van der Waals surface area (Å²) in [6.45, 7) is 11.7. The molecule has 0 aromatic heterocycles. The van der Waals surface area contributed by atoms with E-state index in [0.29, 0.717) is 5.92 Å². The zero-order chi connectivity index (χ0) is 8.69. The van der Waals surface area contributed by atoms with Gasteiger partial charge in [0.15, 0.2) is 0 Å². The Bertz CT molecular complexity index is 110. The topological polar surface area (TPSA) is 21.3 Å². The molecular weight excluding hydrogens is 138 g/mol. The fraction of sp³-hybridized carbons (Fsp3) is 0.778. The van der Waals surface area contributed by atoms with E-state index in [1.54, 1.807) is 0 Å². The standard InChI is InChI=1S/C9H19NO/c1-5-9(4)6-10-11-7-8(2)3/h8,10H,4-7H2,1-3H3. The predicted octanol–water partition coefficient (Wildman–Crippen LogP) is 2.13. The first-order valence-electron chi connectivity index (χ1n) is 4.18. The van der Waals surface area contributed by atoms with Gasteiger partial charge < -0.3 is 4.84 Å². The molecule has 0 amide bonds. The molecule has 0 aliphatic heterocycles. The monoisotopic (exact) mass is 157 g/mol. The van der Waals surface area contributed by atoms with Crippen LogP contribution < -0.4 is 5.48 Å². The van der Waals surface area contributed by atoms with Crippen molar-refractivity contribution in [2.45, 2.75) is 27.2 Å². The molecule has 1 N–H and O–H groups in total. The van der Waals surface area contributed by atoms with E-state index < -0.39 is 0 Å². The molecule has 66 valence electrons. The van der Waals surface area contributed by atoms with Gasteiger partial charge in [-0.25, -0.2) is 0 Å². The lowest BCUT2D eigenvalue weighted by molar-refractivity contribution is 0.0289. The maximum atomic E-state index is 5.16. The van der Waals surface area contributed by atoms with Gasteiger partial charge in [-0.15, -0.1) is 0 Å². The van der Waals surface area contributed by atoms with E-state index in [9.17, 15) is 0 Å². The molecule has 0 aliphatic rings. The van der Waals surface area contributed by atoms with E-state index in [-0.39, 0.29) is 0 Å². The molecule has 0 fully saturated rings. The van der Waals surface area contributed by atoms with Crippen molar-refractivity contribution in [3.05, 3.63) is 12.2 Å². The highest BCUT2D eigenvalue weighted by Gasteiger charge is 1.93. The van der Waals surface area contributed by atoms with Gasteiger partial charge in [-0.3, -0.25) is 0 Å². The Labute approximate surface area is 69.6 Å². The van der Waals surface area contributed by atoms with Crippen molar-refractivity contribution in [2.75, 3.05) is 13.2 Å². The molecule has 0 aromatic rings. The lowest BCUT2D eigenvalue weighted by Crippen LogP contribution is -2.19. The van der Waals surface area contributed by atoms with Crippen LogP contribution in [-0.4, -0.2) is 13.2 Å². The first-order valence-corrected chi connectivity index (χ1v) is 4.18. The van der Waals surface area contributed by atoms with Crippen LogP contribution >= 0.6 is 0 Å². The quantitative estimate of drug-likeness (QED) is 0.362. The average Bonchev–Trinajstić information content (AvgIpc) is 1.97. The average molecular weight is 157 g/mol. The molecule has 0 saturated carbocycles. The summed E-state index contributed by atoms with van der Waals surface area (Å²) in [6, 6.07) is 0. The molecular formula is C9H19NO. The van der Waals surface area contributed by atoms with Gasteiger partial charge in [0.2, 0.25) is 0 Å². The van der Waals surface area contributed by atoms with Crippen LogP contribution in [0, 0.1) is 5.92 Å². The highest BCUT2D eigenvalue weighted by atomic mass is 16.6. The van der Waals surface area contributed by atoms with Gasteiger partial charge in [-0.05, 0) is 12.3 Å². The van der Waals surface area contributed by atoms with Gasteiger partial charge >= 0.3 is 0 Å². The Balaban J connectivity index is 3.08. The lowest BCUT2D eigenvalue weighted by atomic mass is 10.2. The minimum absolute atomic E-state index is 0.581. The summed E-state index contributed by atoms with van der Waals surface area (Å²) in [4.78, 5) is 5.16. The molecule has 0 spiro atoms. The predicted molar refractivity (Wildman–Crippen MR) is 48.2 cm³/mol. The molecule has 0 aliphatic carbocycles. The van der Waals surface area contributed by atoms with E-state index >= 15 is 0 Å². The highest BCUT2D eigenvalue weighted by Crippen LogP contribution is 1.94. The van der Waals surface area contributed by atoms with Crippen LogP contribution in [0.4, 0.5) is 0 Å². The first kappa shape index (κ1) is 10.7. The van der Waals surface area contributed by atoms with Crippen LogP contribution in [-0.2, 0) is 4.84 Å². The van der Waals surface area contributed by atoms with Crippen molar-refractivity contribution >= 4 is 0 Å². The second-order valence-electron chi connectivity index (χ2n) is 3.13. The van der Waals surface area contributed by atoms with Gasteiger partial charge in [-0.2, -0.15) is 5.48 Å². The van der Waals surface area contributed by atoms with Crippen molar-refractivity contribution in [1.82, 2.24) is 5.48 Å². The largest absolute Gasteiger partial charge is 0.301 e. The highest BCUT2D eigenvalue weighted by molar-refractivity contribution is 4.93. The third-order valence-corrected chi connectivity index (χ3v) is 1.34. The molecule has 0 bridgehead atoms. The number of hydrogen-bond donors (Lipinski definition) is 1. The smallest absolute Gasteiger partial charge is 0.0705 e. The van der Waals surface area contributed by atoms with E-state index in [1.165, 1.54) is 5.57 Å². The Morgan fingerprint density at radius 2 is 2.18 bits per heavy atom. The van der Waals surface area contributed by atoms with Crippen molar-refractivity contribution < 1.29 is 4.84 Å². The van der Waals surface area contributed by atoms with Gasteiger partial charge in [0.05, 0.1) is 6.61 Å². The zero-order valence-electron chi connectivity index (χ0n) is 7.81. The minimum Gasteiger partial charge on any atom is -0.301 e. The third-order valence-electron chi connectivity index (χ3n) is 1.34. The summed E-state index contributed by atoms with van der Waals surface area (Å²) in [5, 5.41) is 0. The van der Waals surface area contributed by atoms with Crippen LogP contribution in [0.3, 0.4) is 0 Å². The van der Waals surface area contributed by atoms with Gasteiger partial charge in [0.25, 0.3) is 0 Å². The van der Waals surface area contributed by atoms with Crippen LogP contribution in [0.15, 0.2) is 12.2 Å². The van der Waals surface area contributed by atoms with E-state index in [1.807, 2.05) is 0 Å². The molecule has 0 atom stereocenters. The molecule has 0 radical (unpaired) electrons. The Morgan fingerprint density at radius 3 is 2.64 bits per heavy atom. The SMILES string of the molecule is C=C(CC)CNOCC(C)C. The fourth-order valence-electron chi connectivity index (χ4n) is 0.504. The Hall–Kier alpha value is -0.340. The van der Waals surface area contributed by atoms with E-state index in [0.717, 1.165) is 19.6 Å². The van der Waals surface area contributed by atoms with Gasteiger partial charge in [-0.1, -0.05) is 32.9 Å². The number of hydrogen-bond acceptors (Lipinski definition) is 2. The van der Waals surface area contributed by atoms with Crippen LogP contribution in [0.25, 0.3) is 0 Å². The number of rotatable bonds is 6. The number of hydroxylamine groups is 1. The molecule has 2 heteroatoms. The van der Waals surface area contributed by atoms with Crippen LogP contribution in [0.5, 0.6) is 0 Å². The lowest BCUT2D eigenvalue weighted by Gasteiger charge is -2.08.